The molecule has 0 aliphatic rings. The minimum absolute atomic E-state index is 0.238. The van der Waals surface area contributed by atoms with Crippen molar-refractivity contribution in [2.75, 3.05) is 11.9 Å². The Labute approximate surface area is 115 Å². The molecule has 0 fully saturated rings. The van der Waals surface area contributed by atoms with Crippen LogP contribution in [0.15, 0.2) is 12.1 Å². The molecule has 2 rings (SSSR count). The molecule has 1 amide bonds. The zero-order valence-corrected chi connectivity index (χ0v) is 11.3. The monoisotopic (exact) mass is 276 g/mol. The molecule has 2 aromatic rings. The fourth-order valence-corrected chi connectivity index (χ4v) is 1.49. The van der Waals surface area contributed by atoms with E-state index in [2.05, 4.69) is 48.4 Å². The van der Waals surface area contributed by atoms with Gasteiger partial charge in [0.1, 0.15) is 5.82 Å². The number of hydrogen-bond acceptors (Lipinski definition) is 7. The van der Waals surface area contributed by atoms with Gasteiger partial charge in [-0.15, -0.1) is 20.4 Å². The third-order valence-electron chi connectivity index (χ3n) is 2.55. The van der Waals surface area contributed by atoms with Crippen molar-refractivity contribution in [1.29, 1.82) is 0 Å². The molecule has 0 saturated heterocycles. The van der Waals surface area contributed by atoms with E-state index >= 15 is 0 Å². The zero-order chi connectivity index (χ0) is 14.4. The van der Waals surface area contributed by atoms with Crippen LogP contribution in [0.2, 0.25) is 0 Å². The van der Waals surface area contributed by atoms with E-state index in [0.717, 1.165) is 13.0 Å². The van der Waals surface area contributed by atoms with Crippen LogP contribution in [0.4, 0.5) is 5.82 Å². The van der Waals surface area contributed by atoms with Gasteiger partial charge < -0.3 is 10.6 Å². The second kappa shape index (κ2) is 6.55. The maximum absolute atomic E-state index is 12.0. The number of H-pyrrole nitrogens is 1. The lowest BCUT2D eigenvalue weighted by atomic mass is 10.3. The number of aromatic amines is 1. The van der Waals surface area contributed by atoms with E-state index in [9.17, 15) is 4.79 Å². The topological polar surface area (TPSA) is 121 Å². The van der Waals surface area contributed by atoms with Gasteiger partial charge in [-0.2, -0.15) is 5.21 Å². The minimum Gasteiger partial charge on any atom is -0.369 e. The highest BCUT2D eigenvalue weighted by atomic mass is 16.2. The van der Waals surface area contributed by atoms with Gasteiger partial charge in [0, 0.05) is 6.54 Å². The van der Waals surface area contributed by atoms with Gasteiger partial charge >= 0.3 is 0 Å². The Balaban J connectivity index is 1.95. The van der Waals surface area contributed by atoms with E-state index in [1.165, 1.54) is 0 Å². The van der Waals surface area contributed by atoms with Crippen LogP contribution in [0.5, 0.6) is 0 Å². The van der Waals surface area contributed by atoms with Gasteiger partial charge in [-0.05, 0) is 25.5 Å². The molecule has 1 atom stereocenters. The van der Waals surface area contributed by atoms with Crippen LogP contribution < -0.4 is 10.6 Å². The smallest absolute Gasteiger partial charge is 0.272 e. The van der Waals surface area contributed by atoms with Crippen LogP contribution in [0.3, 0.4) is 0 Å². The Morgan fingerprint density at radius 1 is 1.35 bits per heavy atom. The Bertz CT molecular complexity index is 538. The third kappa shape index (κ3) is 3.46. The van der Waals surface area contributed by atoms with Crippen LogP contribution in [0.1, 0.15) is 42.6 Å². The number of carbonyl (C=O) groups is 1. The summed E-state index contributed by atoms with van der Waals surface area (Å²) in [6, 6.07) is 2.97. The third-order valence-corrected chi connectivity index (χ3v) is 2.55. The molecule has 9 heteroatoms. The standard InChI is InChI=1S/C11H16N8O/c1-3-6-12-9-5-4-8(14-15-9)11(20)13-7(2)10-16-18-19-17-10/h4-5,7H,3,6H2,1-2H3,(H,12,15)(H,13,20)(H,16,17,18,19). The Hall–Kier alpha value is -2.58. The molecule has 3 N–H and O–H groups in total. The fraction of sp³-hybridized carbons (Fsp3) is 0.455. The van der Waals surface area contributed by atoms with E-state index in [4.69, 9.17) is 0 Å². The lowest BCUT2D eigenvalue weighted by molar-refractivity contribution is 0.0932. The number of carbonyl (C=O) groups excluding carboxylic acids is 1. The number of aromatic nitrogens is 6. The van der Waals surface area contributed by atoms with Crippen molar-refractivity contribution >= 4 is 11.7 Å². The fourth-order valence-electron chi connectivity index (χ4n) is 1.49. The predicted molar refractivity (Wildman–Crippen MR) is 70.9 cm³/mol. The second-order valence-electron chi connectivity index (χ2n) is 4.20. The van der Waals surface area contributed by atoms with E-state index in [1.54, 1.807) is 19.1 Å². The molecule has 0 bridgehead atoms. The summed E-state index contributed by atoms with van der Waals surface area (Å²) in [7, 11) is 0. The molecule has 2 aromatic heterocycles. The number of rotatable bonds is 6. The van der Waals surface area contributed by atoms with Crippen molar-refractivity contribution in [3.8, 4) is 0 Å². The highest BCUT2D eigenvalue weighted by Gasteiger charge is 2.15. The Morgan fingerprint density at radius 3 is 2.80 bits per heavy atom. The van der Waals surface area contributed by atoms with Crippen molar-refractivity contribution in [3.63, 3.8) is 0 Å². The number of hydrogen-bond donors (Lipinski definition) is 3. The summed E-state index contributed by atoms with van der Waals surface area (Å²) in [5.41, 5.74) is 0.238. The number of tetrazole rings is 1. The summed E-state index contributed by atoms with van der Waals surface area (Å²) >= 11 is 0. The van der Waals surface area contributed by atoms with E-state index in [0.29, 0.717) is 11.6 Å². The van der Waals surface area contributed by atoms with Gasteiger partial charge in [0.2, 0.25) is 0 Å². The molecular formula is C11H16N8O. The summed E-state index contributed by atoms with van der Waals surface area (Å²) < 4.78 is 0. The van der Waals surface area contributed by atoms with Gasteiger partial charge in [0.25, 0.3) is 5.91 Å². The maximum Gasteiger partial charge on any atom is 0.272 e. The second-order valence-corrected chi connectivity index (χ2v) is 4.20. The Morgan fingerprint density at radius 2 is 2.20 bits per heavy atom. The summed E-state index contributed by atoms with van der Waals surface area (Å²) in [6.45, 7) is 4.63. The zero-order valence-electron chi connectivity index (χ0n) is 11.3. The van der Waals surface area contributed by atoms with E-state index < -0.39 is 0 Å². The first-order chi connectivity index (χ1) is 9.70. The number of nitrogens with zero attached hydrogens (tertiary/aromatic N) is 5. The van der Waals surface area contributed by atoms with Crippen LogP contribution in [0.25, 0.3) is 0 Å². The lowest BCUT2D eigenvalue weighted by Crippen LogP contribution is -2.28. The first kappa shape index (κ1) is 13.8. The van der Waals surface area contributed by atoms with Gasteiger partial charge in [0.15, 0.2) is 11.5 Å². The first-order valence-electron chi connectivity index (χ1n) is 6.32. The molecule has 0 spiro atoms. The SMILES string of the molecule is CCCNc1ccc(C(=O)NC(C)c2nn[nH]n2)nn1. The number of amides is 1. The predicted octanol–water partition coefficient (Wildman–Crippen LogP) is 0.303. The largest absolute Gasteiger partial charge is 0.369 e. The maximum atomic E-state index is 12.0. The summed E-state index contributed by atoms with van der Waals surface area (Å²) in [4.78, 5) is 12.0. The average Bonchev–Trinajstić information content (AvgIpc) is 3.00. The molecule has 106 valence electrons. The molecule has 9 nitrogen and oxygen atoms in total. The molecule has 0 radical (unpaired) electrons. The lowest BCUT2D eigenvalue weighted by Gasteiger charge is -2.09. The number of nitrogens with one attached hydrogen (secondary N) is 3. The van der Waals surface area contributed by atoms with E-state index in [1.807, 2.05) is 0 Å². The van der Waals surface area contributed by atoms with Crippen molar-refractivity contribution < 1.29 is 4.79 Å². The van der Waals surface area contributed by atoms with Crippen molar-refractivity contribution in [1.82, 2.24) is 36.1 Å². The van der Waals surface area contributed by atoms with Crippen molar-refractivity contribution in [2.24, 2.45) is 0 Å². The van der Waals surface area contributed by atoms with Crippen molar-refractivity contribution in [3.05, 3.63) is 23.7 Å². The summed E-state index contributed by atoms with van der Waals surface area (Å²) in [5, 5.41) is 27.0. The van der Waals surface area contributed by atoms with Gasteiger partial charge in [-0.1, -0.05) is 12.1 Å². The highest BCUT2D eigenvalue weighted by molar-refractivity contribution is 5.92. The highest BCUT2D eigenvalue weighted by Crippen LogP contribution is 2.06. The normalized spacial score (nSPS) is 11.9. The average molecular weight is 276 g/mol. The Kier molecular flexibility index (Phi) is 4.53. The van der Waals surface area contributed by atoms with Gasteiger partial charge in [0.05, 0.1) is 6.04 Å². The molecule has 0 aromatic carbocycles. The summed E-state index contributed by atoms with van der Waals surface area (Å²) in [5.74, 6) is 0.721. The molecule has 0 aliphatic carbocycles. The van der Waals surface area contributed by atoms with Crippen LogP contribution in [-0.4, -0.2) is 43.3 Å². The van der Waals surface area contributed by atoms with Crippen molar-refractivity contribution in [2.45, 2.75) is 26.3 Å². The van der Waals surface area contributed by atoms with Crippen LogP contribution in [0, 0.1) is 0 Å². The van der Waals surface area contributed by atoms with Gasteiger partial charge in [-0.3, -0.25) is 4.79 Å². The van der Waals surface area contributed by atoms with E-state index in [-0.39, 0.29) is 17.6 Å². The molecule has 2 heterocycles. The van der Waals surface area contributed by atoms with Crippen LogP contribution >= 0.6 is 0 Å². The van der Waals surface area contributed by atoms with Gasteiger partial charge in [-0.25, -0.2) is 0 Å². The molecular weight excluding hydrogens is 260 g/mol. The summed E-state index contributed by atoms with van der Waals surface area (Å²) in [6.07, 6.45) is 0.992. The molecule has 0 saturated carbocycles. The van der Waals surface area contributed by atoms with Crippen LogP contribution in [-0.2, 0) is 0 Å². The minimum atomic E-state index is -0.360. The molecule has 1 unspecified atom stereocenters. The quantitative estimate of drug-likeness (QED) is 0.693. The first-order valence-corrected chi connectivity index (χ1v) is 6.32. The molecule has 20 heavy (non-hydrogen) atoms. The molecule has 0 aliphatic heterocycles. The number of anilines is 1.